The first kappa shape index (κ1) is 17.8. The smallest absolute Gasteiger partial charge is 0.238 e. The van der Waals surface area contributed by atoms with Gasteiger partial charge in [0.05, 0.1) is 10.5 Å². The number of nitrogens with one attached hydrogen (secondary N) is 1. The molecule has 0 atom stereocenters. The number of hydrogen-bond donors (Lipinski definition) is 3. The highest BCUT2D eigenvalue weighted by atomic mass is 32.2. The number of hydrogen-bond acceptors (Lipinski definition) is 10. The van der Waals surface area contributed by atoms with Crippen molar-refractivity contribution in [2.24, 2.45) is 5.14 Å². The topological polar surface area (TPSA) is 170 Å². The summed E-state index contributed by atoms with van der Waals surface area (Å²) in [6, 6.07) is 4.96. The van der Waals surface area contributed by atoms with E-state index < -0.39 is 10.0 Å². The van der Waals surface area contributed by atoms with Crippen molar-refractivity contribution in [1.82, 2.24) is 30.8 Å². The van der Waals surface area contributed by atoms with Crippen LogP contribution in [0.3, 0.4) is 0 Å². The van der Waals surface area contributed by atoms with Crippen molar-refractivity contribution in [3.05, 3.63) is 23.2 Å². The molecule has 3 heterocycles. The average Bonchev–Trinajstić information content (AvgIpc) is 3.32. The molecule has 4 rings (SSSR count). The van der Waals surface area contributed by atoms with E-state index >= 15 is 0 Å². The molecule has 0 spiro atoms. The lowest BCUT2D eigenvalue weighted by atomic mass is 9.96. The highest BCUT2D eigenvalue weighted by molar-refractivity contribution is 7.89. The number of rotatable bonds is 4. The van der Waals surface area contributed by atoms with Crippen molar-refractivity contribution in [2.75, 3.05) is 23.7 Å². The van der Waals surface area contributed by atoms with E-state index in [2.05, 4.69) is 35.7 Å². The van der Waals surface area contributed by atoms with Gasteiger partial charge in [0, 0.05) is 24.7 Å². The molecule has 0 unspecified atom stereocenters. The predicted octanol–water partition coefficient (Wildman–Crippen LogP) is 0.332. The third kappa shape index (κ3) is 3.48. The molecular weight excluding hydrogens is 390 g/mol. The van der Waals surface area contributed by atoms with E-state index in [1.165, 1.54) is 17.4 Å². The number of nitrogens with two attached hydrogens (primary N) is 2. The zero-order valence-electron chi connectivity index (χ0n) is 14.1. The minimum atomic E-state index is -3.94. The molecule has 2 aromatic heterocycles. The van der Waals surface area contributed by atoms with Gasteiger partial charge in [0.15, 0.2) is 5.82 Å². The number of piperidine rings is 1. The molecule has 3 aromatic rings. The molecule has 142 valence electrons. The maximum atomic E-state index is 12.1. The maximum absolute atomic E-state index is 12.1. The molecule has 0 aliphatic carbocycles. The van der Waals surface area contributed by atoms with Gasteiger partial charge in [0.25, 0.3) is 0 Å². The van der Waals surface area contributed by atoms with Crippen LogP contribution in [-0.2, 0) is 10.0 Å². The number of sulfonamides is 1. The Hall–Kier alpha value is -2.64. The van der Waals surface area contributed by atoms with Crippen molar-refractivity contribution >= 4 is 32.2 Å². The second kappa shape index (κ2) is 6.83. The summed E-state index contributed by atoms with van der Waals surface area (Å²) in [4.78, 5) is 2.09. The van der Waals surface area contributed by atoms with Gasteiger partial charge in [-0.25, -0.2) is 18.7 Å². The van der Waals surface area contributed by atoms with E-state index in [0.29, 0.717) is 23.8 Å². The number of H-pyrrole nitrogens is 1. The summed E-state index contributed by atoms with van der Waals surface area (Å²) in [5.41, 5.74) is 6.77. The summed E-state index contributed by atoms with van der Waals surface area (Å²) in [6.07, 6.45) is 1.70. The molecule has 0 amide bonds. The largest absolute Gasteiger partial charge is 0.374 e. The molecule has 1 aliphatic heterocycles. The van der Waals surface area contributed by atoms with E-state index in [9.17, 15) is 8.42 Å². The Morgan fingerprint density at radius 2 is 1.96 bits per heavy atom. The Balaban J connectivity index is 1.67. The lowest BCUT2D eigenvalue weighted by Crippen LogP contribution is -2.33. The highest BCUT2D eigenvalue weighted by Gasteiger charge is 2.28. The monoisotopic (exact) mass is 407 g/mol. The molecule has 0 bridgehead atoms. The second-order valence-corrected chi connectivity index (χ2v) is 8.76. The lowest BCUT2D eigenvalue weighted by molar-refractivity contribution is 0.501. The maximum Gasteiger partial charge on any atom is 0.238 e. The molecule has 1 aromatic carbocycles. The third-order valence-electron chi connectivity index (χ3n) is 4.53. The number of anilines is 2. The number of nitrogen functional groups attached to an aromatic ring is 1. The van der Waals surface area contributed by atoms with E-state index in [1.807, 2.05) is 6.07 Å². The molecule has 13 heteroatoms. The number of aromatic nitrogens is 6. The van der Waals surface area contributed by atoms with Crippen LogP contribution in [0.1, 0.15) is 23.8 Å². The fourth-order valence-corrected chi connectivity index (χ4v) is 4.84. The average molecular weight is 407 g/mol. The summed E-state index contributed by atoms with van der Waals surface area (Å²) < 4.78 is 24.1. The zero-order chi connectivity index (χ0) is 19.0. The van der Waals surface area contributed by atoms with Gasteiger partial charge < -0.3 is 10.6 Å². The Kier molecular flexibility index (Phi) is 4.49. The van der Waals surface area contributed by atoms with Gasteiger partial charge in [0.1, 0.15) is 5.01 Å². The van der Waals surface area contributed by atoms with Crippen LogP contribution in [0.2, 0.25) is 0 Å². The molecule has 1 aliphatic rings. The van der Waals surface area contributed by atoms with Crippen LogP contribution >= 0.6 is 11.3 Å². The standard InChI is InChI=1S/C14H17N9O2S2/c15-14-20-19-13(26-14)8-4-6-23(7-5-8)9-2-1-3-10(27(16,24)25)11(9)12-17-21-22-18-12/h1-3,8H,4-7H2,(H2,15,20)(H2,16,24,25)(H,17,18,21,22). The molecule has 0 radical (unpaired) electrons. The molecule has 1 saturated heterocycles. The van der Waals surface area contributed by atoms with Crippen LogP contribution in [-0.4, -0.2) is 52.3 Å². The van der Waals surface area contributed by atoms with Crippen molar-refractivity contribution in [3.8, 4) is 11.4 Å². The second-order valence-electron chi connectivity index (χ2n) is 6.18. The van der Waals surface area contributed by atoms with Crippen molar-refractivity contribution < 1.29 is 8.42 Å². The highest BCUT2D eigenvalue weighted by Crippen LogP contribution is 2.38. The molecular formula is C14H17N9O2S2. The van der Waals surface area contributed by atoms with Crippen LogP contribution in [0.5, 0.6) is 0 Å². The fraction of sp³-hybridized carbons (Fsp3) is 0.357. The van der Waals surface area contributed by atoms with Gasteiger partial charge in [0.2, 0.25) is 15.2 Å². The SMILES string of the molecule is Nc1nnc(C2CCN(c3cccc(S(N)(=O)=O)c3-c3nnn[nH]3)CC2)s1. The van der Waals surface area contributed by atoms with Gasteiger partial charge in [-0.1, -0.05) is 17.4 Å². The summed E-state index contributed by atoms with van der Waals surface area (Å²) in [7, 11) is -3.94. The van der Waals surface area contributed by atoms with Gasteiger partial charge in [-0.05, 0) is 35.4 Å². The van der Waals surface area contributed by atoms with E-state index in [1.54, 1.807) is 6.07 Å². The summed E-state index contributed by atoms with van der Waals surface area (Å²) in [6.45, 7) is 1.43. The lowest BCUT2D eigenvalue weighted by Gasteiger charge is -2.34. The Morgan fingerprint density at radius 1 is 1.19 bits per heavy atom. The van der Waals surface area contributed by atoms with Gasteiger partial charge >= 0.3 is 0 Å². The number of nitrogens with zero attached hydrogens (tertiary/aromatic N) is 6. The fourth-order valence-electron chi connectivity index (χ4n) is 3.30. The third-order valence-corrected chi connectivity index (χ3v) is 6.40. The molecule has 0 saturated carbocycles. The first-order valence-corrected chi connectivity index (χ1v) is 10.5. The summed E-state index contributed by atoms with van der Waals surface area (Å²) >= 11 is 1.41. The molecule has 5 N–H and O–H groups in total. The predicted molar refractivity (Wildman–Crippen MR) is 99.5 cm³/mol. The van der Waals surface area contributed by atoms with Gasteiger partial charge in [-0.3, -0.25) is 0 Å². The molecule has 1 fully saturated rings. The van der Waals surface area contributed by atoms with Crippen molar-refractivity contribution in [3.63, 3.8) is 0 Å². The Labute approximate surface area is 158 Å². The normalized spacial score (nSPS) is 16.0. The number of benzene rings is 1. The first-order valence-electron chi connectivity index (χ1n) is 8.17. The number of tetrazole rings is 1. The van der Waals surface area contributed by atoms with E-state index in [-0.39, 0.29) is 16.6 Å². The van der Waals surface area contributed by atoms with Gasteiger partial charge in [-0.2, -0.15) is 0 Å². The molecule has 11 nitrogen and oxygen atoms in total. The number of primary sulfonamides is 1. The number of aromatic amines is 1. The van der Waals surface area contributed by atoms with Crippen LogP contribution in [0.4, 0.5) is 10.8 Å². The minimum absolute atomic E-state index is 0.0161. The van der Waals surface area contributed by atoms with E-state index in [4.69, 9.17) is 10.9 Å². The Bertz CT molecular complexity index is 1040. The van der Waals surface area contributed by atoms with Crippen LogP contribution in [0.15, 0.2) is 23.1 Å². The first-order chi connectivity index (χ1) is 12.9. The summed E-state index contributed by atoms with van der Waals surface area (Å²) in [5.74, 6) is 0.543. The quantitative estimate of drug-likeness (QED) is 0.551. The van der Waals surface area contributed by atoms with Crippen LogP contribution in [0, 0.1) is 0 Å². The van der Waals surface area contributed by atoms with Crippen molar-refractivity contribution in [2.45, 2.75) is 23.7 Å². The zero-order valence-corrected chi connectivity index (χ0v) is 15.7. The van der Waals surface area contributed by atoms with Crippen LogP contribution in [0.25, 0.3) is 11.4 Å². The minimum Gasteiger partial charge on any atom is -0.374 e. The van der Waals surface area contributed by atoms with Gasteiger partial charge in [-0.15, -0.1) is 15.3 Å². The Morgan fingerprint density at radius 3 is 2.56 bits per heavy atom. The van der Waals surface area contributed by atoms with E-state index in [0.717, 1.165) is 23.5 Å². The molecule has 27 heavy (non-hydrogen) atoms. The van der Waals surface area contributed by atoms with Crippen LogP contribution < -0.4 is 15.8 Å². The summed E-state index contributed by atoms with van der Waals surface area (Å²) in [5, 5.41) is 28.5. The van der Waals surface area contributed by atoms with Crippen molar-refractivity contribution in [1.29, 1.82) is 0 Å².